The van der Waals surface area contributed by atoms with E-state index in [1.165, 1.54) is 5.56 Å². The molecule has 2 heterocycles. The van der Waals surface area contributed by atoms with Gasteiger partial charge in [0, 0.05) is 22.4 Å². The number of ether oxygens (including phenoxy) is 1. The van der Waals surface area contributed by atoms with Crippen molar-refractivity contribution in [2.45, 2.75) is 0 Å². The van der Waals surface area contributed by atoms with Crippen LogP contribution in [0.15, 0.2) is 164 Å². The number of hydrogen-bond acceptors (Lipinski definition) is 4. The Morgan fingerprint density at radius 1 is 0.386 bits per heavy atom. The lowest BCUT2D eigenvalue weighted by Crippen LogP contribution is -2.15. The highest BCUT2D eigenvalue weighted by Gasteiger charge is 2.25. The summed E-state index contributed by atoms with van der Waals surface area (Å²) in [6, 6.07) is 56.1. The number of hydrogen-bond donors (Lipinski definition) is 0. The highest BCUT2D eigenvalue weighted by molar-refractivity contribution is 5.86. The number of nitrogens with zero attached hydrogens (tertiary/aromatic N) is 3. The van der Waals surface area contributed by atoms with Gasteiger partial charge in [0.1, 0.15) is 0 Å². The molecule has 7 aromatic rings. The normalized spacial score (nSPS) is 11.8. The number of benzene rings is 6. The van der Waals surface area contributed by atoms with Crippen LogP contribution in [-0.4, -0.2) is 9.97 Å². The smallest absolute Gasteiger partial charge is 0.160 e. The first-order valence-corrected chi connectivity index (χ1v) is 14.7. The Morgan fingerprint density at radius 3 is 1.41 bits per heavy atom. The fourth-order valence-electron chi connectivity index (χ4n) is 5.69. The van der Waals surface area contributed by atoms with Crippen LogP contribution in [0.2, 0.25) is 0 Å². The maximum absolute atomic E-state index is 6.21. The summed E-state index contributed by atoms with van der Waals surface area (Å²) in [5.74, 6) is 2.36. The summed E-state index contributed by atoms with van der Waals surface area (Å²) in [4.78, 5) is 12.3. The summed E-state index contributed by atoms with van der Waals surface area (Å²) >= 11 is 0. The van der Waals surface area contributed by atoms with E-state index in [1.54, 1.807) is 0 Å². The molecule has 44 heavy (non-hydrogen) atoms. The maximum atomic E-state index is 6.21. The van der Waals surface area contributed by atoms with E-state index in [0.29, 0.717) is 5.82 Å². The SMILES string of the molecule is c1ccc(-c2ccc(-c3nc(-c4ccccc4)cc(-c4ccc(N5c6ccccc6Oc6ccccc65)cc4)n3)cc2)cc1. The first-order valence-electron chi connectivity index (χ1n) is 14.7. The molecule has 208 valence electrons. The van der Waals surface area contributed by atoms with E-state index in [4.69, 9.17) is 14.7 Å². The Morgan fingerprint density at radius 2 is 0.818 bits per heavy atom. The van der Waals surface area contributed by atoms with Crippen molar-refractivity contribution in [3.63, 3.8) is 0 Å². The van der Waals surface area contributed by atoms with Gasteiger partial charge in [0.05, 0.1) is 22.8 Å². The van der Waals surface area contributed by atoms with Gasteiger partial charge in [0.25, 0.3) is 0 Å². The quantitative estimate of drug-likeness (QED) is 0.208. The predicted octanol–water partition coefficient (Wildman–Crippen LogP) is 10.7. The molecule has 0 fully saturated rings. The van der Waals surface area contributed by atoms with Crippen LogP contribution in [0.4, 0.5) is 17.1 Å². The number of para-hydroxylation sites is 4. The van der Waals surface area contributed by atoms with Gasteiger partial charge < -0.3 is 9.64 Å². The zero-order valence-corrected chi connectivity index (χ0v) is 23.8. The van der Waals surface area contributed by atoms with E-state index in [1.807, 2.05) is 60.7 Å². The molecule has 0 saturated heterocycles. The van der Waals surface area contributed by atoms with Crippen LogP contribution < -0.4 is 9.64 Å². The summed E-state index contributed by atoms with van der Waals surface area (Å²) in [6.07, 6.45) is 0. The maximum Gasteiger partial charge on any atom is 0.160 e. The van der Waals surface area contributed by atoms with Crippen LogP contribution in [0.25, 0.3) is 45.0 Å². The van der Waals surface area contributed by atoms with E-state index in [-0.39, 0.29) is 0 Å². The Balaban J connectivity index is 1.19. The van der Waals surface area contributed by atoms with E-state index in [9.17, 15) is 0 Å². The lowest BCUT2D eigenvalue weighted by Gasteiger charge is -2.32. The molecule has 0 bridgehead atoms. The van der Waals surface area contributed by atoms with Gasteiger partial charge in [-0.1, -0.05) is 121 Å². The summed E-state index contributed by atoms with van der Waals surface area (Å²) in [7, 11) is 0. The average molecular weight is 566 g/mol. The molecule has 0 saturated carbocycles. The number of aromatic nitrogens is 2. The van der Waals surface area contributed by atoms with Crippen LogP contribution in [0, 0.1) is 0 Å². The monoisotopic (exact) mass is 565 g/mol. The molecule has 4 heteroatoms. The summed E-state index contributed by atoms with van der Waals surface area (Å²) in [5, 5.41) is 0. The van der Waals surface area contributed by atoms with Gasteiger partial charge in [-0.25, -0.2) is 9.97 Å². The summed E-state index contributed by atoms with van der Waals surface area (Å²) in [5.41, 5.74) is 10.2. The van der Waals surface area contributed by atoms with Crippen molar-refractivity contribution in [2.24, 2.45) is 0 Å². The van der Waals surface area contributed by atoms with Gasteiger partial charge in [0.2, 0.25) is 0 Å². The molecule has 0 N–H and O–H groups in total. The van der Waals surface area contributed by atoms with Crippen molar-refractivity contribution in [3.8, 4) is 56.5 Å². The van der Waals surface area contributed by atoms with Gasteiger partial charge in [-0.15, -0.1) is 0 Å². The number of anilines is 3. The molecule has 0 amide bonds. The van der Waals surface area contributed by atoms with Crippen LogP contribution in [-0.2, 0) is 0 Å². The molecule has 0 spiro atoms. The van der Waals surface area contributed by atoms with Gasteiger partial charge >= 0.3 is 0 Å². The zero-order valence-electron chi connectivity index (χ0n) is 23.8. The molecule has 4 nitrogen and oxygen atoms in total. The zero-order chi connectivity index (χ0) is 29.3. The molecule has 6 aromatic carbocycles. The van der Waals surface area contributed by atoms with Crippen molar-refractivity contribution >= 4 is 17.1 Å². The van der Waals surface area contributed by atoms with Gasteiger partial charge in [-0.05, 0) is 53.6 Å². The van der Waals surface area contributed by atoms with Crippen LogP contribution in [0.5, 0.6) is 11.5 Å². The van der Waals surface area contributed by atoms with Crippen LogP contribution in [0.3, 0.4) is 0 Å². The lowest BCUT2D eigenvalue weighted by atomic mass is 10.0. The van der Waals surface area contributed by atoms with Crippen molar-refractivity contribution in [1.82, 2.24) is 9.97 Å². The first-order chi connectivity index (χ1) is 21.8. The molecule has 1 aliphatic heterocycles. The van der Waals surface area contributed by atoms with Gasteiger partial charge in [0.15, 0.2) is 17.3 Å². The summed E-state index contributed by atoms with van der Waals surface area (Å²) < 4.78 is 6.21. The molecule has 1 aromatic heterocycles. The minimum absolute atomic E-state index is 0.695. The highest BCUT2D eigenvalue weighted by Crippen LogP contribution is 2.50. The lowest BCUT2D eigenvalue weighted by molar-refractivity contribution is 0.477. The Kier molecular flexibility index (Phi) is 6.43. The number of rotatable bonds is 5. The van der Waals surface area contributed by atoms with E-state index >= 15 is 0 Å². The second-order valence-corrected chi connectivity index (χ2v) is 10.7. The fourth-order valence-corrected chi connectivity index (χ4v) is 5.69. The fraction of sp³-hybridized carbons (Fsp3) is 0. The third-order valence-corrected chi connectivity index (χ3v) is 7.90. The molecule has 0 unspecified atom stereocenters. The van der Waals surface area contributed by atoms with Crippen LogP contribution in [0.1, 0.15) is 0 Å². The van der Waals surface area contributed by atoms with Crippen molar-refractivity contribution in [3.05, 3.63) is 164 Å². The van der Waals surface area contributed by atoms with E-state index in [0.717, 1.165) is 62.2 Å². The van der Waals surface area contributed by atoms with Gasteiger partial charge in [-0.2, -0.15) is 0 Å². The second kappa shape index (κ2) is 11.0. The van der Waals surface area contributed by atoms with Crippen molar-refractivity contribution in [2.75, 3.05) is 4.90 Å². The topological polar surface area (TPSA) is 38.2 Å². The Bertz CT molecular complexity index is 2030. The van der Waals surface area contributed by atoms with Gasteiger partial charge in [-0.3, -0.25) is 0 Å². The third-order valence-electron chi connectivity index (χ3n) is 7.90. The molecule has 8 rings (SSSR count). The average Bonchev–Trinajstić information content (AvgIpc) is 3.11. The van der Waals surface area contributed by atoms with Crippen LogP contribution >= 0.6 is 0 Å². The minimum atomic E-state index is 0.695. The molecule has 0 aliphatic carbocycles. The van der Waals surface area contributed by atoms with Crippen molar-refractivity contribution in [1.29, 1.82) is 0 Å². The highest BCUT2D eigenvalue weighted by atomic mass is 16.5. The van der Waals surface area contributed by atoms with E-state index < -0.39 is 0 Å². The molecule has 1 aliphatic rings. The van der Waals surface area contributed by atoms with E-state index in [2.05, 4.69) is 108 Å². The second-order valence-electron chi connectivity index (χ2n) is 10.7. The number of fused-ring (bicyclic) bond motifs is 2. The molecule has 0 atom stereocenters. The predicted molar refractivity (Wildman–Crippen MR) is 179 cm³/mol. The molecule has 0 radical (unpaired) electrons. The third kappa shape index (κ3) is 4.79. The molecular weight excluding hydrogens is 538 g/mol. The summed E-state index contributed by atoms with van der Waals surface area (Å²) in [6.45, 7) is 0. The Labute approximate surface area is 256 Å². The minimum Gasteiger partial charge on any atom is -0.453 e. The first kappa shape index (κ1) is 25.7. The van der Waals surface area contributed by atoms with Crippen molar-refractivity contribution < 1.29 is 4.74 Å². The standard InChI is InChI=1S/C40H27N3O/c1-3-11-28(12-4-1)29-19-21-32(22-20-29)40-41-34(30-13-5-2-6-14-30)27-35(42-40)31-23-25-33(26-24-31)43-36-15-7-9-17-38(36)44-39-18-10-8-16-37(39)43/h1-27H. The Hall–Kier alpha value is -6.00. The molecular formula is C40H27N3O. The largest absolute Gasteiger partial charge is 0.453 e.